The summed E-state index contributed by atoms with van der Waals surface area (Å²) in [6.45, 7) is 8.21. The van der Waals surface area contributed by atoms with Crippen LogP contribution in [0.15, 0.2) is 54.7 Å². The Balaban J connectivity index is 0.000000564. The molecule has 5 N–H and O–H groups in total. The van der Waals surface area contributed by atoms with Crippen molar-refractivity contribution in [2.75, 3.05) is 12.3 Å². The Morgan fingerprint density at radius 1 is 1.10 bits per heavy atom. The molecule has 5 nitrogen and oxygen atoms in total. The van der Waals surface area contributed by atoms with E-state index >= 15 is 0 Å². The number of nitriles is 1. The first-order chi connectivity index (χ1) is 14.4. The Hall–Kier alpha value is -3.49. The largest absolute Gasteiger partial charge is 0.397 e. The van der Waals surface area contributed by atoms with Crippen molar-refractivity contribution in [3.05, 3.63) is 65.9 Å². The molecule has 0 fully saturated rings. The minimum Gasteiger partial charge on any atom is -0.397 e. The summed E-state index contributed by atoms with van der Waals surface area (Å²) in [6, 6.07) is 16.8. The quantitative estimate of drug-likeness (QED) is 0.382. The lowest BCUT2D eigenvalue weighted by atomic mass is 9.97. The van der Waals surface area contributed by atoms with Gasteiger partial charge in [-0.3, -0.25) is 4.98 Å². The molecule has 0 spiro atoms. The van der Waals surface area contributed by atoms with E-state index in [1.54, 1.807) is 19.2 Å². The van der Waals surface area contributed by atoms with Crippen molar-refractivity contribution in [2.45, 2.75) is 33.6 Å². The fourth-order valence-corrected chi connectivity index (χ4v) is 2.82. The first kappa shape index (κ1) is 24.5. The zero-order chi connectivity index (χ0) is 22.5. The van der Waals surface area contributed by atoms with Gasteiger partial charge in [-0.05, 0) is 54.8 Å². The summed E-state index contributed by atoms with van der Waals surface area (Å²) in [5, 5.41) is 14.7. The van der Waals surface area contributed by atoms with Crippen molar-refractivity contribution in [1.29, 1.82) is 10.7 Å². The number of anilines is 1. The van der Waals surface area contributed by atoms with Crippen molar-refractivity contribution in [3.8, 4) is 17.2 Å². The van der Waals surface area contributed by atoms with Crippen molar-refractivity contribution in [2.24, 2.45) is 5.73 Å². The second kappa shape index (κ2) is 12.9. The Morgan fingerprint density at radius 3 is 2.17 bits per heavy atom. The van der Waals surface area contributed by atoms with E-state index in [9.17, 15) is 0 Å². The molecule has 3 rings (SSSR count). The van der Waals surface area contributed by atoms with Gasteiger partial charge in [0.05, 0.1) is 30.0 Å². The molecule has 30 heavy (non-hydrogen) atoms. The molecule has 0 bridgehead atoms. The summed E-state index contributed by atoms with van der Waals surface area (Å²) >= 11 is 0. The maximum absolute atomic E-state index is 7.50. The van der Waals surface area contributed by atoms with Crippen LogP contribution in [-0.2, 0) is 0 Å². The number of aromatic nitrogens is 1. The van der Waals surface area contributed by atoms with Crippen LogP contribution in [0.4, 0.5) is 5.69 Å². The number of allylic oxidation sites excluding steroid dienone is 1. The Kier molecular flexibility index (Phi) is 10.5. The third-order valence-electron chi connectivity index (χ3n) is 4.28. The molecule has 0 unspecified atom stereocenters. The number of nitrogen functional groups attached to an aromatic ring is 1. The van der Waals surface area contributed by atoms with E-state index in [4.69, 9.17) is 16.4 Å². The molecule has 1 aromatic heterocycles. The lowest BCUT2D eigenvalue weighted by Crippen LogP contribution is -1.93. The summed E-state index contributed by atoms with van der Waals surface area (Å²) in [5.41, 5.74) is 17.2. The predicted molar refractivity (Wildman–Crippen MR) is 130 cm³/mol. The van der Waals surface area contributed by atoms with Gasteiger partial charge in [0.1, 0.15) is 0 Å². The van der Waals surface area contributed by atoms with Gasteiger partial charge >= 0.3 is 0 Å². The third kappa shape index (κ3) is 6.84. The number of hydrogen-bond donors (Lipinski definition) is 3. The second-order valence-electron chi connectivity index (χ2n) is 6.79. The van der Waals surface area contributed by atoms with Gasteiger partial charge in [-0.1, -0.05) is 56.3 Å². The Morgan fingerprint density at radius 2 is 1.67 bits per heavy atom. The van der Waals surface area contributed by atoms with Gasteiger partial charge in [0.2, 0.25) is 0 Å². The van der Waals surface area contributed by atoms with Gasteiger partial charge < -0.3 is 16.9 Å². The fraction of sp³-hybridized carbons (Fsp3) is 0.240. The molecule has 0 amide bonds. The molecule has 5 heteroatoms. The van der Waals surface area contributed by atoms with E-state index in [0.29, 0.717) is 11.6 Å². The molecule has 0 atom stereocenters. The molecule has 3 aromatic rings. The first-order valence-corrected chi connectivity index (χ1v) is 9.86. The highest BCUT2D eigenvalue weighted by atomic mass is 14.7. The zero-order valence-corrected chi connectivity index (χ0v) is 18.2. The standard InChI is InChI=1S/C21H22N2.C2H4N2.C2H5N/c1-4-5-18-19-12-17(10-11-21(19)23-13-20(18)22)16-8-6-15(7-9-16)14(2)3;3-1-2-4;1-2-3/h4-14H,22H2,1-3H3;1,3H2;2-3H,1H3/b5-4+;;. The lowest BCUT2D eigenvalue weighted by Gasteiger charge is -2.10. The number of benzene rings is 2. The normalized spacial score (nSPS) is 10.0. The van der Waals surface area contributed by atoms with E-state index in [1.165, 1.54) is 22.9 Å². The van der Waals surface area contributed by atoms with Gasteiger partial charge in [0.25, 0.3) is 0 Å². The highest BCUT2D eigenvalue weighted by Gasteiger charge is 2.07. The molecule has 1 heterocycles. The second-order valence-corrected chi connectivity index (χ2v) is 6.79. The summed E-state index contributed by atoms with van der Waals surface area (Å²) in [7, 11) is 0. The molecular formula is C25H31N5. The van der Waals surface area contributed by atoms with Crippen molar-refractivity contribution in [3.63, 3.8) is 0 Å². The minimum absolute atomic E-state index is 0.125. The van der Waals surface area contributed by atoms with Crippen LogP contribution >= 0.6 is 0 Å². The summed E-state index contributed by atoms with van der Waals surface area (Å²) in [4.78, 5) is 4.44. The van der Waals surface area contributed by atoms with Gasteiger partial charge in [-0.25, -0.2) is 0 Å². The van der Waals surface area contributed by atoms with Crippen LogP contribution in [0.2, 0.25) is 0 Å². The topological polar surface area (TPSA) is 113 Å². The average Bonchev–Trinajstić information content (AvgIpc) is 2.76. The maximum atomic E-state index is 7.50. The smallest absolute Gasteiger partial charge is 0.0815 e. The average molecular weight is 402 g/mol. The van der Waals surface area contributed by atoms with Crippen LogP contribution in [0.25, 0.3) is 28.1 Å². The van der Waals surface area contributed by atoms with E-state index in [-0.39, 0.29) is 6.54 Å². The van der Waals surface area contributed by atoms with Gasteiger partial charge in [-0.15, -0.1) is 0 Å². The monoisotopic (exact) mass is 401 g/mol. The summed E-state index contributed by atoms with van der Waals surface area (Å²) in [6.07, 6.45) is 7.04. The summed E-state index contributed by atoms with van der Waals surface area (Å²) < 4.78 is 0. The van der Waals surface area contributed by atoms with Gasteiger partial charge in [0.15, 0.2) is 0 Å². The first-order valence-electron chi connectivity index (χ1n) is 9.86. The molecule has 2 aromatic carbocycles. The van der Waals surface area contributed by atoms with E-state index in [2.05, 4.69) is 67.0 Å². The Labute approximate surface area is 179 Å². The van der Waals surface area contributed by atoms with E-state index in [0.717, 1.165) is 16.5 Å². The minimum atomic E-state index is 0.125. The molecular weight excluding hydrogens is 370 g/mol. The number of nitrogens with zero attached hydrogens (tertiary/aromatic N) is 2. The maximum Gasteiger partial charge on any atom is 0.0815 e. The van der Waals surface area contributed by atoms with Crippen LogP contribution in [-0.4, -0.2) is 17.7 Å². The number of rotatable bonds is 3. The zero-order valence-electron chi connectivity index (χ0n) is 18.2. The number of nitrogens with two attached hydrogens (primary N) is 2. The SMILES string of the molecule is C/C=C/c1c(N)cnc2ccc(-c3ccc(C(C)C)cc3)cc12.CC=N.N#CCN. The number of fused-ring (bicyclic) bond motifs is 1. The van der Waals surface area contributed by atoms with E-state index in [1.807, 2.05) is 19.1 Å². The van der Waals surface area contributed by atoms with Crippen LogP contribution in [0.3, 0.4) is 0 Å². The van der Waals surface area contributed by atoms with Crippen molar-refractivity contribution < 1.29 is 0 Å². The summed E-state index contributed by atoms with van der Waals surface area (Å²) in [5.74, 6) is 0.547. The van der Waals surface area contributed by atoms with Crippen LogP contribution in [0.1, 0.15) is 44.7 Å². The molecule has 0 aliphatic carbocycles. The molecule has 0 saturated carbocycles. The van der Waals surface area contributed by atoms with Crippen molar-refractivity contribution >= 4 is 28.9 Å². The molecule has 156 valence electrons. The number of nitrogens with one attached hydrogen (secondary N) is 1. The van der Waals surface area contributed by atoms with Crippen LogP contribution < -0.4 is 11.5 Å². The number of pyridine rings is 1. The lowest BCUT2D eigenvalue weighted by molar-refractivity contribution is 0.867. The van der Waals surface area contributed by atoms with Crippen molar-refractivity contribution in [1.82, 2.24) is 4.98 Å². The molecule has 0 saturated heterocycles. The van der Waals surface area contributed by atoms with E-state index < -0.39 is 0 Å². The highest BCUT2D eigenvalue weighted by molar-refractivity contribution is 5.95. The molecule has 0 aliphatic heterocycles. The fourth-order valence-electron chi connectivity index (χ4n) is 2.82. The molecule has 0 radical (unpaired) electrons. The number of hydrogen-bond acceptors (Lipinski definition) is 5. The predicted octanol–water partition coefficient (Wildman–Crippen LogP) is 5.77. The highest BCUT2D eigenvalue weighted by Crippen LogP contribution is 2.29. The van der Waals surface area contributed by atoms with Gasteiger partial charge in [0, 0.05) is 10.9 Å². The molecule has 0 aliphatic rings. The van der Waals surface area contributed by atoms with Crippen LogP contribution in [0.5, 0.6) is 0 Å². The van der Waals surface area contributed by atoms with Crippen LogP contribution in [0, 0.1) is 16.7 Å². The third-order valence-corrected chi connectivity index (χ3v) is 4.28. The van der Waals surface area contributed by atoms with Gasteiger partial charge in [-0.2, -0.15) is 5.26 Å². The Bertz CT molecular complexity index is 1010.